The van der Waals surface area contributed by atoms with Crippen molar-refractivity contribution in [3.63, 3.8) is 0 Å². The van der Waals surface area contributed by atoms with Gasteiger partial charge in [-0.15, -0.1) is 0 Å². The van der Waals surface area contributed by atoms with Crippen molar-refractivity contribution >= 4 is 33.4 Å². The van der Waals surface area contributed by atoms with Crippen LogP contribution in [0.2, 0.25) is 0 Å². The largest absolute Gasteiger partial charge is 0.274 e. The van der Waals surface area contributed by atoms with Crippen LogP contribution in [0.15, 0.2) is 102 Å². The molecule has 3 aromatic carbocycles. The first kappa shape index (κ1) is 19.0. The van der Waals surface area contributed by atoms with E-state index in [1.54, 1.807) is 0 Å². The molecule has 0 unspecified atom stereocenters. The van der Waals surface area contributed by atoms with Crippen molar-refractivity contribution < 1.29 is 9.59 Å². The number of rotatable bonds is 3. The highest BCUT2D eigenvalue weighted by molar-refractivity contribution is 9.10. The lowest BCUT2D eigenvalue weighted by molar-refractivity contribution is -0.122. The third-order valence-electron chi connectivity index (χ3n) is 6.13. The Morgan fingerprint density at radius 2 is 1.13 bits per heavy atom. The van der Waals surface area contributed by atoms with Crippen LogP contribution in [0.1, 0.15) is 23.0 Å². The highest BCUT2D eigenvalue weighted by Gasteiger charge is 2.55. The van der Waals surface area contributed by atoms with E-state index < -0.39 is 11.8 Å². The smallest absolute Gasteiger partial charge is 0.238 e. The van der Waals surface area contributed by atoms with Crippen molar-refractivity contribution in [2.24, 2.45) is 11.8 Å². The first-order chi connectivity index (χ1) is 14.6. The molecule has 30 heavy (non-hydrogen) atoms. The van der Waals surface area contributed by atoms with E-state index in [0.717, 1.165) is 15.6 Å². The molecule has 1 heterocycles. The summed E-state index contributed by atoms with van der Waals surface area (Å²) in [5, 5.41) is 0. The SMILES string of the molecule is O=C1[C@@H]2[C@H](C(=O)N1c1cccc(Br)c1)[C@@H](c1ccccc1)C=C[C@@H]2c1ccccc1. The van der Waals surface area contributed by atoms with Gasteiger partial charge in [0, 0.05) is 16.3 Å². The molecule has 0 N–H and O–H groups in total. The van der Waals surface area contributed by atoms with Gasteiger partial charge in [-0.25, -0.2) is 4.90 Å². The summed E-state index contributed by atoms with van der Waals surface area (Å²) in [5.41, 5.74) is 2.74. The summed E-state index contributed by atoms with van der Waals surface area (Å²) >= 11 is 3.46. The lowest BCUT2D eigenvalue weighted by atomic mass is 9.68. The maximum atomic E-state index is 13.7. The third-order valence-corrected chi connectivity index (χ3v) is 6.63. The van der Waals surface area contributed by atoms with Gasteiger partial charge in [0.25, 0.3) is 0 Å². The van der Waals surface area contributed by atoms with Crippen LogP contribution in [0.3, 0.4) is 0 Å². The summed E-state index contributed by atoms with van der Waals surface area (Å²) in [6.07, 6.45) is 4.23. The Morgan fingerprint density at radius 1 is 0.633 bits per heavy atom. The van der Waals surface area contributed by atoms with Crippen LogP contribution in [-0.4, -0.2) is 11.8 Å². The lowest BCUT2D eigenvalue weighted by Gasteiger charge is -2.32. The van der Waals surface area contributed by atoms with Gasteiger partial charge in [-0.2, -0.15) is 0 Å². The maximum Gasteiger partial charge on any atom is 0.238 e. The predicted molar refractivity (Wildman–Crippen MR) is 121 cm³/mol. The average molecular weight is 458 g/mol. The standard InChI is InChI=1S/C26H20BrNO2/c27-19-12-7-13-20(16-19)28-25(29)23-21(17-8-3-1-4-9-17)14-15-22(24(23)26(28)30)18-10-5-2-6-11-18/h1-16,21-24H/t21-,22-,23-,24+/m1/s1. The number of fused-ring (bicyclic) bond motifs is 1. The molecule has 0 bridgehead atoms. The molecular weight excluding hydrogens is 438 g/mol. The normalized spacial score (nSPS) is 25.4. The Kier molecular flexibility index (Phi) is 4.87. The van der Waals surface area contributed by atoms with Crippen LogP contribution in [-0.2, 0) is 9.59 Å². The van der Waals surface area contributed by atoms with Crippen LogP contribution in [0.5, 0.6) is 0 Å². The molecule has 1 saturated heterocycles. The van der Waals surface area contributed by atoms with Crippen molar-refractivity contribution in [3.8, 4) is 0 Å². The molecule has 1 fully saturated rings. The predicted octanol–water partition coefficient (Wildman–Crippen LogP) is 5.69. The van der Waals surface area contributed by atoms with Gasteiger partial charge in [-0.3, -0.25) is 9.59 Å². The van der Waals surface area contributed by atoms with E-state index in [4.69, 9.17) is 0 Å². The fourth-order valence-electron chi connectivity index (χ4n) is 4.80. The molecule has 0 aromatic heterocycles. The number of halogens is 1. The quantitative estimate of drug-likeness (QED) is 0.374. The van der Waals surface area contributed by atoms with Crippen molar-refractivity contribution in [2.45, 2.75) is 11.8 Å². The van der Waals surface area contributed by atoms with Crippen LogP contribution in [0.25, 0.3) is 0 Å². The highest BCUT2D eigenvalue weighted by Crippen LogP contribution is 2.50. The molecule has 3 nitrogen and oxygen atoms in total. The monoisotopic (exact) mass is 457 g/mol. The Morgan fingerprint density at radius 3 is 1.60 bits per heavy atom. The number of carbonyl (C=O) groups excluding carboxylic acids is 2. The van der Waals surface area contributed by atoms with Crippen molar-refractivity contribution in [1.29, 1.82) is 0 Å². The summed E-state index contributed by atoms with van der Waals surface area (Å²) in [6.45, 7) is 0. The highest BCUT2D eigenvalue weighted by atomic mass is 79.9. The Hall–Kier alpha value is -2.98. The minimum atomic E-state index is -0.422. The van der Waals surface area contributed by atoms with E-state index in [1.165, 1.54) is 4.90 Å². The van der Waals surface area contributed by atoms with Crippen LogP contribution in [0.4, 0.5) is 5.69 Å². The van der Waals surface area contributed by atoms with E-state index in [1.807, 2.05) is 84.9 Å². The molecule has 0 radical (unpaired) electrons. The number of nitrogens with zero attached hydrogens (tertiary/aromatic N) is 1. The summed E-state index contributed by atoms with van der Waals surface area (Å²) in [6, 6.07) is 27.4. The summed E-state index contributed by atoms with van der Waals surface area (Å²) in [5.74, 6) is -1.33. The van der Waals surface area contributed by atoms with Crippen LogP contribution in [0, 0.1) is 11.8 Å². The molecule has 5 rings (SSSR count). The number of imide groups is 1. The maximum absolute atomic E-state index is 13.7. The second kappa shape index (κ2) is 7.69. The molecule has 4 atom stereocenters. The zero-order valence-electron chi connectivity index (χ0n) is 16.2. The average Bonchev–Trinajstić information content (AvgIpc) is 3.05. The number of carbonyl (C=O) groups is 2. The minimum Gasteiger partial charge on any atom is -0.274 e. The van der Waals surface area contributed by atoms with Crippen LogP contribution < -0.4 is 4.90 Å². The second-order valence-corrected chi connectivity index (χ2v) is 8.72. The van der Waals surface area contributed by atoms with Crippen molar-refractivity contribution in [2.75, 3.05) is 4.90 Å². The first-order valence-electron chi connectivity index (χ1n) is 10.1. The van der Waals surface area contributed by atoms with Crippen molar-refractivity contribution in [3.05, 3.63) is 113 Å². The van der Waals surface area contributed by atoms with Crippen LogP contribution >= 0.6 is 15.9 Å². The van der Waals surface area contributed by atoms with E-state index in [2.05, 4.69) is 28.1 Å². The van der Waals surface area contributed by atoms with E-state index in [-0.39, 0.29) is 23.7 Å². The molecule has 3 aromatic rings. The van der Waals surface area contributed by atoms with Gasteiger partial charge < -0.3 is 0 Å². The molecule has 1 aliphatic carbocycles. The first-order valence-corrected chi connectivity index (χ1v) is 10.9. The van der Waals surface area contributed by atoms with Gasteiger partial charge in [-0.1, -0.05) is 94.8 Å². The lowest BCUT2D eigenvalue weighted by Crippen LogP contribution is -2.31. The number of hydrogen-bond acceptors (Lipinski definition) is 2. The molecule has 148 valence electrons. The zero-order valence-corrected chi connectivity index (χ0v) is 17.8. The summed E-state index contributed by atoms with van der Waals surface area (Å²) in [4.78, 5) is 28.7. The Balaban J connectivity index is 1.64. The van der Waals surface area contributed by atoms with E-state index in [9.17, 15) is 9.59 Å². The fraction of sp³-hybridized carbons (Fsp3) is 0.154. The number of allylic oxidation sites excluding steroid dienone is 2. The number of benzene rings is 3. The van der Waals surface area contributed by atoms with Gasteiger partial charge >= 0.3 is 0 Å². The zero-order chi connectivity index (χ0) is 20.7. The topological polar surface area (TPSA) is 37.4 Å². The van der Waals surface area contributed by atoms with Gasteiger partial charge in [0.2, 0.25) is 11.8 Å². The molecule has 1 aliphatic heterocycles. The molecule has 2 amide bonds. The van der Waals surface area contributed by atoms with Gasteiger partial charge in [0.05, 0.1) is 17.5 Å². The van der Waals surface area contributed by atoms with Gasteiger partial charge in [0.15, 0.2) is 0 Å². The molecule has 0 saturated carbocycles. The minimum absolute atomic E-state index is 0.121. The number of anilines is 1. The molecule has 2 aliphatic rings. The Bertz CT molecular complexity index is 1060. The third kappa shape index (κ3) is 3.12. The summed E-state index contributed by atoms with van der Waals surface area (Å²) in [7, 11) is 0. The second-order valence-electron chi connectivity index (χ2n) is 7.80. The number of amides is 2. The van der Waals surface area contributed by atoms with Gasteiger partial charge in [-0.05, 0) is 29.3 Å². The molecule has 0 spiro atoms. The molecule has 4 heteroatoms. The fourth-order valence-corrected chi connectivity index (χ4v) is 5.19. The van der Waals surface area contributed by atoms with E-state index >= 15 is 0 Å². The van der Waals surface area contributed by atoms with Gasteiger partial charge in [0.1, 0.15) is 0 Å². The molecular formula is C26H20BrNO2. The Labute approximate surface area is 184 Å². The van der Waals surface area contributed by atoms with Crippen molar-refractivity contribution in [1.82, 2.24) is 0 Å². The number of hydrogen-bond donors (Lipinski definition) is 0. The van der Waals surface area contributed by atoms with E-state index in [0.29, 0.717) is 5.69 Å². The summed E-state index contributed by atoms with van der Waals surface area (Å²) < 4.78 is 0.841.